The normalized spacial score (nSPS) is 21.5. The SMILES string of the molecule is CCC1=CC[PH](C)(c2cccc(F)c2)C1c1ccc(F)cc1. The fraction of sp³-hybridized carbons (Fsp3) is 0.263. The van der Waals surface area contributed by atoms with Gasteiger partial charge in [-0.2, -0.15) is 0 Å². The van der Waals surface area contributed by atoms with Crippen molar-refractivity contribution < 1.29 is 8.78 Å². The van der Waals surface area contributed by atoms with E-state index in [1.807, 2.05) is 12.1 Å². The minimum absolute atomic E-state index is 0.172. The first-order chi connectivity index (χ1) is 10.5. The number of rotatable bonds is 3. The number of benzene rings is 2. The summed E-state index contributed by atoms with van der Waals surface area (Å²) < 4.78 is 27.0. The molecule has 1 aliphatic rings. The van der Waals surface area contributed by atoms with Gasteiger partial charge in [-0.15, -0.1) is 0 Å². The van der Waals surface area contributed by atoms with E-state index in [4.69, 9.17) is 0 Å². The molecule has 0 amide bonds. The Bertz CT molecular complexity index is 706. The molecule has 0 N–H and O–H groups in total. The maximum atomic E-state index is 13.7. The Hall–Kier alpha value is -1.53. The molecule has 1 unspecified atom stereocenters. The summed E-state index contributed by atoms with van der Waals surface area (Å²) >= 11 is 0. The van der Waals surface area contributed by atoms with E-state index in [2.05, 4.69) is 25.7 Å². The molecule has 1 atom stereocenters. The Kier molecular flexibility index (Phi) is 4.14. The van der Waals surface area contributed by atoms with Crippen molar-refractivity contribution in [2.75, 3.05) is 12.8 Å². The fourth-order valence-corrected chi connectivity index (χ4v) is 8.21. The first-order valence-electron chi connectivity index (χ1n) is 7.75. The molecule has 22 heavy (non-hydrogen) atoms. The number of hydrogen-bond donors (Lipinski definition) is 0. The quantitative estimate of drug-likeness (QED) is 0.548. The number of allylic oxidation sites excluding steroid dienone is 2. The van der Waals surface area contributed by atoms with Gasteiger partial charge in [0, 0.05) is 0 Å². The Morgan fingerprint density at radius 3 is 2.41 bits per heavy atom. The van der Waals surface area contributed by atoms with Crippen LogP contribution in [-0.2, 0) is 0 Å². The van der Waals surface area contributed by atoms with Gasteiger partial charge < -0.3 is 0 Å². The minimum atomic E-state index is -1.92. The zero-order chi connectivity index (χ0) is 15.7. The van der Waals surface area contributed by atoms with E-state index < -0.39 is 7.26 Å². The zero-order valence-corrected chi connectivity index (χ0v) is 13.9. The average molecular weight is 318 g/mol. The molecule has 1 aliphatic heterocycles. The molecular formula is C19H21F2P. The van der Waals surface area contributed by atoms with Crippen LogP contribution in [0.2, 0.25) is 0 Å². The predicted molar refractivity (Wildman–Crippen MR) is 92.7 cm³/mol. The van der Waals surface area contributed by atoms with Crippen LogP contribution in [0, 0.1) is 11.6 Å². The second-order valence-corrected chi connectivity index (χ2v) is 10.6. The second-order valence-electron chi connectivity index (χ2n) is 6.25. The molecule has 3 heteroatoms. The van der Waals surface area contributed by atoms with Crippen molar-refractivity contribution in [3.8, 4) is 0 Å². The van der Waals surface area contributed by atoms with Crippen LogP contribution >= 0.6 is 7.26 Å². The van der Waals surface area contributed by atoms with Gasteiger partial charge in [-0.25, -0.2) is 0 Å². The molecule has 0 saturated carbocycles. The van der Waals surface area contributed by atoms with Crippen molar-refractivity contribution in [2.24, 2.45) is 0 Å². The molecule has 0 bridgehead atoms. The third-order valence-corrected chi connectivity index (χ3v) is 9.55. The van der Waals surface area contributed by atoms with Crippen LogP contribution in [0.4, 0.5) is 8.78 Å². The van der Waals surface area contributed by atoms with Crippen molar-refractivity contribution in [3.05, 3.63) is 77.4 Å². The summed E-state index contributed by atoms with van der Waals surface area (Å²) in [5.41, 5.74) is 2.87. The topological polar surface area (TPSA) is 0 Å². The number of hydrogen-bond acceptors (Lipinski definition) is 0. The van der Waals surface area contributed by atoms with Gasteiger partial charge in [0.15, 0.2) is 0 Å². The van der Waals surface area contributed by atoms with Gasteiger partial charge in [0.25, 0.3) is 0 Å². The van der Waals surface area contributed by atoms with Gasteiger partial charge in [0.05, 0.1) is 0 Å². The van der Waals surface area contributed by atoms with E-state index in [1.54, 1.807) is 12.1 Å². The monoisotopic (exact) mass is 318 g/mol. The zero-order valence-electron chi connectivity index (χ0n) is 12.9. The van der Waals surface area contributed by atoms with E-state index in [0.717, 1.165) is 23.5 Å². The molecule has 116 valence electrons. The van der Waals surface area contributed by atoms with Gasteiger partial charge in [-0.1, -0.05) is 0 Å². The predicted octanol–water partition coefficient (Wildman–Crippen LogP) is 5.06. The van der Waals surface area contributed by atoms with Crippen LogP contribution in [0.3, 0.4) is 0 Å². The molecule has 1 heterocycles. The second kappa shape index (κ2) is 5.93. The molecular weight excluding hydrogens is 297 g/mol. The summed E-state index contributed by atoms with van der Waals surface area (Å²) in [6, 6.07) is 13.9. The first-order valence-corrected chi connectivity index (χ1v) is 10.5. The van der Waals surface area contributed by atoms with Gasteiger partial charge in [0.2, 0.25) is 0 Å². The maximum absolute atomic E-state index is 13.7. The Morgan fingerprint density at radius 1 is 1.05 bits per heavy atom. The third-order valence-electron chi connectivity index (χ3n) is 4.89. The van der Waals surface area contributed by atoms with Gasteiger partial charge in [-0.3, -0.25) is 0 Å². The van der Waals surface area contributed by atoms with Gasteiger partial charge >= 0.3 is 131 Å². The third kappa shape index (κ3) is 2.61. The first kappa shape index (κ1) is 15.4. The summed E-state index contributed by atoms with van der Waals surface area (Å²) in [4.78, 5) is 0. The van der Waals surface area contributed by atoms with Gasteiger partial charge in [0.1, 0.15) is 0 Å². The van der Waals surface area contributed by atoms with Crippen molar-refractivity contribution in [1.82, 2.24) is 0 Å². The summed E-state index contributed by atoms with van der Waals surface area (Å²) in [5.74, 6) is -0.382. The summed E-state index contributed by atoms with van der Waals surface area (Å²) in [6.45, 7) is 4.48. The molecule has 2 aromatic carbocycles. The van der Waals surface area contributed by atoms with E-state index >= 15 is 0 Å². The molecule has 0 nitrogen and oxygen atoms in total. The van der Waals surface area contributed by atoms with Crippen molar-refractivity contribution in [1.29, 1.82) is 0 Å². The Balaban J connectivity index is 2.09. The van der Waals surface area contributed by atoms with Crippen LogP contribution in [0.5, 0.6) is 0 Å². The molecule has 0 saturated heterocycles. The van der Waals surface area contributed by atoms with E-state index in [-0.39, 0.29) is 11.6 Å². The van der Waals surface area contributed by atoms with Crippen molar-refractivity contribution in [2.45, 2.75) is 19.0 Å². The van der Waals surface area contributed by atoms with E-state index in [1.165, 1.54) is 23.8 Å². The summed E-state index contributed by atoms with van der Waals surface area (Å²) in [6.07, 6.45) is 4.33. The molecule has 0 radical (unpaired) electrons. The molecule has 3 rings (SSSR count). The molecule has 0 spiro atoms. The van der Waals surface area contributed by atoms with Crippen molar-refractivity contribution in [3.63, 3.8) is 0 Å². The van der Waals surface area contributed by atoms with Crippen LogP contribution in [0.15, 0.2) is 60.2 Å². The van der Waals surface area contributed by atoms with E-state index in [9.17, 15) is 8.78 Å². The van der Waals surface area contributed by atoms with Crippen LogP contribution < -0.4 is 5.30 Å². The summed E-state index contributed by atoms with van der Waals surface area (Å²) in [5, 5.41) is 1.14. The molecule has 2 aromatic rings. The van der Waals surface area contributed by atoms with Crippen LogP contribution in [0.25, 0.3) is 0 Å². The van der Waals surface area contributed by atoms with Crippen molar-refractivity contribution >= 4 is 12.6 Å². The standard InChI is InChI=1S/C19H21F2P/c1-3-14-11-12-22(2,18-6-4-5-17(21)13-18)19(14)15-7-9-16(20)10-8-15/h4-11,13,19,22H,3,12H2,1-2H3. The van der Waals surface area contributed by atoms with Crippen LogP contribution in [-0.4, -0.2) is 12.8 Å². The van der Waals surface area contributed by atoms with Crippen LogP contribution in [0.1, 0.15) is 24.6 Å². The van der Waals surface area contributed by atoms with Gasteiger partial charge in [-0.05, 0) is 0 Å². The Labute approximate surface area is 131 Å². The Morgan fingerprint density at radius 2 is 1.77 bits per heavy atom. The summed E-state index contributed by atoms with van der Waals surface area (Å²) in [7, 11) is -1.92. The number of halogens is 2. The average Bonchev–Trinajstić information content (AvgIpc) is 2.86. The molecule has 0 fully saturated rings. The van der Waals surface area contributed by atoms with E-state index in [0.29, 0.717) is 5.66 Å². The molecule has 0 aliphatic carbocycles. The fourth-order valence-electron chi connectivity index (χ4n) is 3.70. The molecule has 0 aromatic heterocycles.